The first kappa shape index (κ1) is 13.5. The van der Waals surface area contributed by atoms with Crippen LogP contribution in [-0.4, -0.2) is 19.6 Å². The van der Waals surface area contributed by atoms with Gasteiger partial charge in [-0.05, 0) is 17.7 Å². The van der Waals surface area contributed by atoms with Crippen molar-refractivity contribution in [1.82, 2.24) is 0 Å². The van der Waals surface area contributed by atoms with E-state index in [1.54, 1.807) is 12.5 Å². The topological polar surface area (TPSA) is 118 Å². The highest BCUT2D eigenvalue weighted by atomic mass is 32.2. The van der Waals surface area contributed by atoms with Gasteiger partial charge in [0, 0.05) is 12.5 Å². The lowest BCUT2D eigenvalue weighted by molar-refractivity contribution is 0.477. The van der Waals surface area contributed by atoms with Gasteiger partial charge in [-0.1, -0.05) is 12.1 Å². The number of phenols is 1. The van der Waals surface area contributed by atoms with Crippen LogP contribution in [0.15, 0.2) is 30.9 Å². The molecule has 1 rings (SSSR count). The molecule has 0 spiro atoms. The Morgan fingerprint density at radius 2 is 2.12 bits per heavy atom. The van der Waals surface area contributed by atoms with Crippen molar-refractivity contribution in [2.75, 3.05) is 4.72 Å². The van der Waals surface area contributed by atoms with Crippen LogP contribution in [0.25, 0.3) is 0 Å². The maximum absolute atomic E-state index is 10.8. The van der Waals surface area contributed by atoms with Gasteiger partial charge in [0.25, 0.3) is 10.2 Å². The predicted octanol–water partition coefficient (Wildman–Crippen LogP) is 0.0733. The van der Waals surface area contributed by atoms with Crippen molar-refractivity contribution in [3.63, 3.8) is 0 Å². The fourth-order valence-electron chi connectivity index (χ4n) is 1.18. The molecule has 6 nitrogen and oxygen atoms in total. The minimum absolute atomic E-state index is 0.00230. The summed E-state index contributed by atoms with van der Waals surface area (Å²) in [4.78, 5) is 0. The van der Waals surface area contributed by atoms with Crippen molar-refractivity contribution in [2.24, 2.45) is 10.9 Å². The van der Waals surface area contributed by atoms with Gasteiger partial charge in [0.15, 0.2) is 0 Å². The normalized spacial score (nSPS) is 13.1. The maximum Gasteiger partial charge on any atom is 0.296 e. The Hall–Kier alpha value is -1.57. The number of hydrogen-bond donors (Lipinski definition) is 4. The molecule has 1 aromatic rings. The number of hydrogen-bond acceptors (Lipinski definition) is 4. The molecule has 1 unspecified atom stereocenters. The van der Waals surface area contributed by atoms with Crippen LogP contribution in [0.4, 0.5) is 5.69 Å². The SMILES string of the molecule is C=CC(N)[CH]c1ccc(O)c(NS(N)(=O)=O)c1. The molecule has 0 heterocycles. The van der Waals surface area contributed by atoms with E-state index in [9.17, 15) is 13.5 Å². The fourth-order valence-corrected chi connectivity index (χ4v) is 1.65. The third kappa shape index (κ3) is 4.43. The Kier molecular flexibility index (Phi) is 4.11. The largest absolute Gasteiger partial charge is 0.506 e. The minimum Gasteiger partial charge on any atom is -0.506 e. The van der Waals surface area contributed by atoms with Crippen molar-refractivity contribution in [3.05, 3.63) is 42.8 Å². The average Bonchev–Trinajstić information content (AvgIpc) is 2.21. The maximum atomic E-state index is 10.8. The second kappa shape index (κ2) is 5.17. The van der Waals surface area contributed by atoms with Crippen LogP contribution in [0.5, 0.6) is 5.75 Å². The molecule has 0 fully saturated rings. The standard InChI is InChI=1S/C10H14N3O3S/c1-2-8(11)5-7-3-4-10(14)9(6-7)13-17(12,15)16/h2-6,8,13-14H,1,11H2,(H2,12,15,16). The number of anilines is 1. The second-order valence-corrected chi connectivity index (χ2v) is 4.70. The molecule has 0 saturated carbocycles. The molecule has 6 N–H and O–H groups in total. The molecule has 1 aromatic carbocycles. The molecular weight excluding hydrogens is 242 g/mol. The number of aromatic hydroxyl groups is 1. The molecule has 0 saturated heterocycles. The lowest BCUT2D eigenvalue weighted by Crippen LogP contribution is -2.22. The van der Waals surface area contributed by atoms with Gasteiger partial charge in [-0.15, -0.1) is 6.58 Å². The quantitative estimate of drug-likeness (QED) is 0.440. The van der Waals surface area contributed by atoms with Gasteiger partial charge >= 0.3 is 0 Å². The zero-order chi connectivity index (χ0) is 13.1. The second-order valence-electron chi connectivity index (χ2n) is 3.40. The van der Waals surface area contributed by atoms with Gasteiger partial charge in [-0.2, -0.15) is 8.42 Å². The highest BCUT2D eigenvalue weighted by Gasteiger charge is 2.09. The van der Waals surface area contributed by atoms with Gasteiger partial charge in [-0.3, -0.25) is 4.72 Å². The van der Waals surface area contributed by atoms with Gasteiger partial charge in [0.2, 0.25) is 0 Å². The number of nitrogens with one attached hydrogen (secondary N) is 1. The van der Waals surface area contributed by atoms with E-state index < -0.39 is 10.2 Å². The van der Waals surface area contributed by atoms with Gasteiger partial charge < -0.3 is 10.8 Å². The van der Waals surface area contributed by atoms with Crippen molar-refractivity contribution in [1.29, 1.82) is 0 Å². The van der Waals surface area contributed by atoms with Crippen molar-refractivity contribution < 1.29 is 13.5 Å². The molecule has 0 amide bonds. The number of benzene rings is 1. The van der Waals surface area contributed by atoms with Crippen molar-refractivity contribution in [3.8, 4) is 5.75 Å². The van der Waals surface area contributed by atoms with Crippen LogP contribution in [0.2, 0.25) is 0 Å². The lowest BCUT2D eigenvalue weighted by Gasteiger charge is -2.10. The average molecular weight is 256 g/mol. The highest BCUT2D eigenvalue weighted by molar-refractivity contribution is 7.90. The zero-order valence-electron chi connectivity index (χ0n) is 9.00. The molecule has 7 heteroatoms. The monoisotopic (exact) mass is 256 g/mol. The van der Waals surface area contributed by atoms with Gasteiger partial charge in [0.1, 0.15) is 5.75 Å². The van der Waals surface area contributed by atoms with Crippen LogP contribution in [0, 0.1) is 6.42 Å². The summed E-state index contributed by atoms with van der Waals surface area (Å²) < 4.78 is 23.7. The molecule has 1 radical (unpaired) electrons. The third-order valence-corrected chi connectivity index (χ3v) is 2.43. The van der Waals surface area contributed by atoms with E-state index in [-0.39, 0.29) is 17.5 Å². The van der Waals surface area contributed by atoms with E-state index in [0.29, 0.717) is 5.56 Å². The van der Waals surface area contributed by atoms with Gasteiger partial charge in [0.05, 0.1) is 5.69 Å². The molecule has 0 aliphatic heterocycles. The van der Waals surface area contributed by atoms with Crippen LogP contribution in [-0.2, 0) is 10.2 Å². The van der Waals surface area contributed by atoms with E-state index in [1.807, 2.05) is 4.72 Å². The Bertz CT molecular complexity index is 514. The van der Waals surface area contributed by atoms with Gasteiger partial charge in [-0.25, -0.2) is 5.14 Å². The summed E-state index contributed by atoms with van der Waals surface area (Å²) in [6, 6.07) is 3.99. The molecule has 0 aliphatic carbocycles. The van der Waals surface area contributed by atoms with E-state index in [2.05, 4.69) is 6.58 Å². The third-order valence-electron chi connectivity index (χ3n) is 1.93. The number of nitrogens with two attached hydrogens (primary N) is 2. The van der Waals surface area contributed by atoms with E-state index >= 15 is 0 Å². The first-order valence-electron chi connectivity index (χ1n) is 4.68. The molecule has 93 valence electrons. The summed E-state index contributed by atoms with van der Waals surface area (Å²) in [5, 5.41) is 14.3. The molecule has 0 aromatic heterocycles. The lowest BCUT2D eigenvalue weighted by atomic mass is 10.1. The summed E-state index contributed by atoms with van der Waals surface area (Å²) in [5.41, 5.74) is 6.26. The summed E-state index contributed by atoms with van der Waals surface area (Å²) >= 11 is 0. The number of rotatable bonds is 5. The Morgan fingerprint density at radius 3 is 2.65 bits per heavy atom. The smallest absolute Gasteiger partial charge is 0.296 e. The van der Waals surface area contributed by atoms with Crippen LogP contribution >= 0.6 is 0 Å². The molecular formula is C10H14N3O3S. The molecule has 0 aliphatic rings. The Balaban J connectivity index is 2.98. The Labute approximate surface area is 100 Å². The van der Waals surface area contributed by atoms with Crippen LogP contribution in [0.3, 0.4) is 0 Å². The fraction of sp³-hybridized carbons (Fsp3) is 0.100. The first-order valence-corrected chi connectivity index (χ1v) is 6.23. The zero-order valence-corrected chi connectivity index (χ0v) is 9.81. The van der Waals surface area contributed by atoms with E-state index in [0.717, 1.165) is 0 Å². The molecule has 17 heavy (non-hydrogen) atoms. The predicted molar refractivity (Wildman–Crippen MR) is 66.4 cm³/mol. The minimum atomic E-state index is -3.93. The van der Waals surface area contributed by atoms with E-state index in [1.165, 1.54) is 18.2 Å². The van der Waals surface area contributed by atoms with Crippen LogP contribution < -0.4 is 15.6 Å². The van der Waals surface area contributed by atoms with Crippen molar-refractivity contribution in [2.45, 2.75) is 6.04 Å². The first-order chi connectivity index (χ1) is 7.81. The summed E-state index contributed by atoms with van der Waals surface area (Å²) in [7, 11) is -3.93. The summed E-state index contributed by atoms with van der Waals surface area (Å²) in [6.07, 6.45) is 3.18. The van der Waals surface area contributed by atoms with Crippen molar-refractivity contribution >= 4 is 15.9 Å². The molecule has 0 bridgehead atoms. The van der Waals surface area contributed by atoms with Crippen LogP contribution in [0.1, 0.15) is 5.56 Å². The molecule has 1 atom stereocenters. The highest BCUT2D eigenvalue weighted by Crippen LogP contribution is 2.25. The van der Waals surface area contributed by atoms with E-state index in [4.69, 9.17) is 10.9 Å². The number of phenolic OH excluding ortho intramolecular Hbond substituents is 1. The summed E-state index contributed by atoms with van der Waals surface area (Å²) in [5.74, 6) is -0.219. The summed E-state index contributed by atoms with van der Waals surface area (Å²) in [6.45, 7) is 3.52. The Morgan fingerprint density at radius 1 is 1.47 bits per heavy atom.